The van der Waals surface area contributed by atoms with Crippen LogP contribution in [0, 0.1) is 6.92 Å². The van der Waals surface area contributed by atoms with Crippen LogP contribution in [0.15, 0.2) is 24.3 Å². The van der Waals surface area contributed by atoms with Gasteiger partial charge in [0.05, 0.1) is 6.42 Å². The fourth-order valence-electron chi connectivity index (χ4n) is 1.68. The Labute approximate surface area is 102 Å². The second-order valence-corrected chi connectivity index (χ2v) is 4.30. The van der Waals surface area contributed by atoms with Gasteiger partial charge in [0.2, 0.25) is 0 Å². The molecule has 1 unspecified atom stereocenters. The topological polar surface area (TPSA) is 75.3 Å². The van der Waals surface area contributed by atoms with Gasteiger partial charge in [-0.15, -0.1) is 0 Å². The number of carbonyl (C=O) groups is 1. The van der Waals surface area contributed by atoms with E-state index in [1.807, 2.05) is 6.07 Å². The first-order valence-electron chi connectivity index (χ1n) is 5.81. The molecule has 0 amide bonds. The lowest BCUT2D eigenvalue weighted by Gasteiger charge is -2.10. The van der Waals surface area contributed by atoms with Crippen LogP contribution in [0.4, 0.5) is 0 Å². The van der Waals surface area contributed by atoms with E-state index in [1.165, 1.54) is 11.1 Å². The van der Waals surface area contributed by atoms with Crippen LogP contribution in [0.3, 0.4) is 0 Å². The van der Waals surface area contributed by atoms with Crippen LogP contribution in [-0.2, 0) is 11.2 Å². The summed E-state index contributed by atoms with van der Waals surface area (Å²) in [5.41, 5.74) is 8.17. The van der Waals surface area contributed by atoms with Crippen molar-refractivity contribution in [1.29, 1.82) is 0 Å². The quantitative estimate of drug-likeness (QED) is 0.616. The monoisotopic (exact) mass is 236 g/mol. The van der Waals surface area contributed by atoms with E-state index in [1.54, 1.807) is 0 Å². The van der Waals surface area contributed by atoms with E-state index in [2.05, 4.69) is 30.4 Å². The van der Waals surface area contributed by atoms with Gasteiger partial charge in [0.15, 0.2) is 0 Å². The maximum atomic E-state index is 10.4. The minimum Gasteiger partial charge on any atom is -0.481 e. The zero-order valence-corrected chi connectivity index (χ0v) is 10.1. The van der Waals surface area contributed by atoms with Crippen LogP contribution in [0.25, 0.3) is 0 Å². The fraction of sp³-hybridized carbons (Fsp3) is 0.462. The van der Waals surface area contributed by atoms with Crippen LogP contribution in [-0.4, -0.2) is 30.2 Å². The number of aliphatic carboxylic acids is 1. The molecule has 1 aromatic rings. The lowest BCUT2D eigenvalue weighted by Crippen LogP contribution is -2.36. The normalized spacial score (nSPS) is 12.4. The third kappa shape index (κ3) is 6.04. The highest BCUT2D eigenvalue weighted by molar-refractivity contribution is 5.67. The average molecular weight is 236 g/mol. The molecule has 4 nitrogen and oxygen atoms in total. The first-order valence-corrected chi connectivity index (χ1v) is 5.81. The summed E-state index contributed by atoms with van der Waals surface area (Å²) in [6.45, 7) is 3.43. The smallest absolute Gasteiger partial charge is 0.304 e. The third-order valence-electron chi connectivity index (χ3n) is 2.52. The number of hydrogen-bond acceptors (Lipinski definition) is 3. The zero-order valence-electron chi connectivity index (χ0n) is 10.1. The lowest BCUT2D eigenvalue weighted by molar-refractivity contribution is -0.137. The largest absolute Gasteiger partial charge is 0.481 e. The van der Waals surface area contributed by atoms with Gasteiger partial charge in [0.1, 0.15) is 0 Å². The summed E-state index contributed by atoms with van der Waals surface area (Å²) in [5.74, 6) is -0.849. The number of carboxylic acid groups (broad SMARTS) is 1. The Morgan fingerprint density at radius 1 is 1.53 bits per heavy atom. The van der Waals surface area contributed by atoms with Gasteiger partial charge in [-0.3, -0.25) is 4.79 Å². The molecule has 0 saturated carbocycles. The number of nitrogens with two attached hydrogens (primary N) is 1. The Hall–Kier alpha value is -1.39. The molecule has 0 saturated heterocycles. The van der Waals surface area contributed by atoms with Crippen LogP contribution in [0.5, 0.6) is 0 Å². The molecule has 0 bridgehead atoms. The first kappa shape index (κ1) is 13.7. The highest BCUT2D eigenvalue weighted by Gasteiger charge is 2.06. The van der Waals surface area contributed by atoms with Gasteiger partial charge in [0.25, 0.3) is 0 Å². The molecule has 17 heavy (non-hydrogen) atoms. The molecule has 0 aromatic heterocycles. The summed E-state index contributed by atoms with van der Waals surface area (Å²) in [6, 6.07) is 8.04. The van der Waals surface area contributed by atoms with Gasteiger partial charge in [-0.1, -0.05) is 29.8 Å². The standard InChI is InChI=1S/C13H20N2O2/c1-10-3-2-4-11(7-10)5-6-15-9-12(14)8-13(16)17/h2-4,7,12,15H,5-6,8-9,14H2,1H3,(H,16,17). The third-order valence-corrected chi connectivity index (χ3v) is 2.52. The van der Waals surface area contributed by atoms with Crippen molar-refractivity contribution in [1.82, 2.24) is 5.32 Å². The second kappa shape index (κ2) is 7.04. The highest BCUT2D eigenvalue weighted by Crippen LogP contribution is 2.03. The number of carboxylic acids is 1. The first-order chi connectivity index (χ1) is 8.08. The Bertz CT molecular complexity index is 366. The molecular weight excluding hydrogens is 216 g/mol. The van der Waals surface area contributed by atoms with E-state index in [-0.39, 0.29) is 12.5 Å². The number of rotatable bonds is 7. The van der Waals surface area contributed by atoms with E-state index in [4.69, 9.17) is 10.8 Å². The predicted molar refractivity (Wildman–Crippen MR) is 68.0 cm³/mol. The summed E-state index contributed by atoms with van der Waals surface area (Å²) in [4.78, 5) is 10.4. The molecule has 1 atom stereocenters. The molecule has 0 aliphatic carbocycles. The molecule has 0 aliphatic heterocycles. The molecular formula is C13H20N2O2. The number of hydrogen-bond donors (Lipinski definition) is 3. The Kier molecular flexibility index (Phi) is 5.66. The number of nitrogens with one attached hydrogen (secondary N) is 1. The molecule has 0 aliphatic rings. The van der Waals surface area contributed by atoms with Crippen molar-refractivity contribution in [3.63, 3.8) is 0 Å². The summed E-state index contributed by atoms with van der Waals surface area (Å²) >= 11 is 0. The fourth-order valence-corrected chi connectivity index (χ4v) is 1.68. The maximum absolute atomic E-state index is 10.4. The highest BCUT2D eigenvalue weighted by atomic mass is 16.4. The van der Waals surface area contributed by atoms with Crippen molar-refractivity contribution < 1.29 is 9.90 Å². The molecule has 1 rings (SSSR count). The molecule has 94 valence electrons. The van der Waals surface area contributed by atoms with Gasteiger partial charge in [-0.05, 0) is 25.5 Å². The Morgan fingerprint density at radius 2 is 2.29 bits per heavy atom. The Morgan fingerprint density at radius 3 is 2.94 bits per heavy atom. The summed E-state index contributed by atoms with van der Waals surface area (Å²) in [6.07, 6.45) is 0.943. The molecule has 0 heterocycles. The molecule has 1 aromatic carbocycles. The SMILES string of the molecule is Cc1cccc(CCNCC(N)CC(=O)O)c1. The molecule has 0 fully saturated rings. The summed E-state index contributed by atoms with van der Waals surface area (Å²) in [5, 5.41) is 11.7. The summed E-state index contributed by atoms with van der Waals surface area (Å²) < 4.78 is 0. The second-order valence-electron chi connectivity index (χ2n) is 4.30. The maximum Gasteiger partial charge on any atom is 0.304 e. The minimum absolute atomic E-state index is 0.0114. The minimum atomic E-state index is -0.849. The van der Waals surface area contributed by atoms with Crippen LogP contribution >= 0.6 is 0 Å². The van der Waals surface area contributed by atoms with Crippen molar-refractivity contribution in [2.45, 2.75) is 25.8 Å². The van der Waals surface area contributed by atoms with Gasteiger partial charge in [0, 0.05) is 12.6 Å². The lowest BCUT2D eigenvalue weighted by atomic mass is 10.1. The van der Waals surface area contributed by atoms with Crippen molar-refractivity contribution in [2.75, 3.05) is 13.1 Å². The molecule has 0 radical (unpaired) electrons. The summed E-state index contributed by atoms with van der Waals surface area (Å²) in [7, 11) is 0. The molecule has 4 heteroatoms. The van der Waals surface area contributed by atoms with E-state index in [0.29, 0.717) is 6.54 Å². The van der Waals surface area contributed by atoms with Crippen molar-refractivity contribution >= 4 is 5.97 Å². The van der Waals surface area contributed by atoms with Gasteiger partial charge < -0.3 is 16.2 Å². The average Bonchev–Trinajstić information content (AvgIpc) is 2.23. The molecule has 4 N–H and O–H groups in total. The number of aryl methyl sites for hydroxylation is 1. The number of benzene rings is 1. The van der Waals surface area contributed by atoms with Gasteiger partial charge in [-0.2, -0.15) is 0 Å². The Balaban J connectivity index is 2.18. The predicted octanol–water partition coefficient (Wildman–Crippen LogP) is 0.929. The van der Waals surface area contributed by atoms with Crippen molar-refractivity contribution in [2.24, 2.45) is 5.73 Å². The van der Waals surface area contributed by atoms with Gasteiger partial charge in [-0.25, -0.2) is 0 Å². The van der Waals surface area contributed by atoms with E-state index < -0.39 is 5.97 Å². The van der Waals surface area contributed by atoms with Crippen LogP contribution in [0.1, 0.15) is 17.5 Å². The zero-order chi connectivity index (χ0) is 12.7. The van der Waals surface area contributed by atoms with Crippen molar-refractivity contribution in [3.8, 4) is 0 Å². The van der Waals surface area contributed by atoms with Crippen molar-refractivity contribution in [3.05, 3.63) is 35.4 Å². The van der Waals surface area contributed by atoms with E-state index in [0.717, 1.165) is 13.0 Å². The molecule has 0 spiro atoms. The van der Waals surface area contributed by atoms with Crippen LogP contribution < -0.4 is 11.1 Å². The van der Waals surface area contributed by atoms with E-state index >= 15 is 0 Å². The van der Waals surface area contributed by atoms with Gasteiger partial charge >= 0.3 is 5.97 Å². The van der Waals surface area contributed by atoms with Crippen LogP contribution in [0.2, 0.25) is 0 Å². The van der Waals surface area contributed by atoms with E-state index in [9.17, 15) is 4.79 Å².